The molecular formula is C12H18N4O2. The highest BCUT2D eigenvalue weighted by atomic mass is 16.5. The molecule has 98 valence electrons. The van der Waals surface area contributed by atoms with Gasteiger partial charge in [0.15, 0.2) is 0 Å². The van der Waals surface area contributed by atoms with E-state index >= 15 is 0 Å². The Morgan fingerprint density at radius 3 is 2.83 bits per heavy atom. The largest absolute Gasteiger partial charge is 0.378 e. The van der Waals surface area contributed by atoms with Crippen LogP contribution in [0.5, 0.6) is 0 Å². The molecule has 0 aromatic carbocycles. The van der Waals surface area contributed by atoms with Crippen molar-refractivity contribution in [2.24, 2.45) is 0 Å². The molecule has 0 saturated carbocycles. The van der Waals surface area contributed by atoms with Crippen LogP contribution in [0.15, 0.2) is 6.07 Å². The summed E-state index contributed by atoms with van der Waals surface area (Å²) in [5.74, 6) is 1.48. The van der Waals surface area contributed by atoms with Gasteiger partial charge in [0.2, 0.25) is 5.91 Å². The Morgan fingerprint density at radius 2 is 2.17 bits per heavy atom. The van der Waals surface area contributed by atoms with E-state index in [4.69, 9.17) is 4.74 Å². The highest BCUT2D eigenvalue weighted by Crippen LogP contribution is 2.14. The predicted molar refractivity (Wildman–Crippen MR) is 67.3 cm³/mol. The number of carbonyl (C=O) groups excluding carboxylic acids is 1. The lowest BCUT2D eigenvalue weighted by molar-refractivity contribution is -0.119. The van der Waals surface area contributed by atoms with Gasteiger partial charge < -0.3 is 15.0 Å². The monoisotopic (exact) mass is 250 g/mol. The summed E-state index contributed by atoms with van der Waals surface area (Å²) >= 11 is 0. The van der Waals surface area contributed by atoms with E-state index < -0.39 is 0 Å². The zero-order valence-electron chi connectivity index (χ0n) is 10.8. The molecule has 2 heterocycles. The quantitative estimate of drug-likeness (QED) is 0.833. The fourth-order valence-electron chi connectivity index (χ4n) is 1.85. The summed E-state index contributed by atoms with van der Waals surface area (Å²) in [6.07, 6.45) is 0. The van der Waals surface area contributed by atoms with Crippen molar-refractivity contribution in [2.45, 2.75) is 20.4 Å². The first-order valence-electron chi connectivity index (χ1n) is 6.07. The third kappa shape index (κ3) is 3.40. The van der Waals surface area contributed by atoms with Gasteiger partial charge in [-0.3, -0.25) is 4.79 Å². The molecule has 1 aromatic heterocycles. The van der Waals surface area contributed by atoms with Crippen molar-refractivity contribution in [3.63, 3.8) is 0 Å². The van der Waals surface area contributed by atoms with Crippen molar-refractivity contribution in [2.75, 3.05) is 31.2 Å². The first kappa shape index (κ1) is 12.8. The maximum absolute atomic E-state index is 10.9. The second kappa shape index (κ2) is 5.77. The van der Waals surface area contributed by atoms with Gasteiger partial charge in [0.05, 0.1) is 19.8 Å². The van der Waals surface area contributed by atoms with Gasteiger partial charge in [0.25, 0.3) is 0 Å². The maximum Gasteiger partial charge on any atom is 0.217 e. The molecule has 0 aliphatic carbocycles. The minimum Gasteiger partial charge on any atom is -0.378 e. The number of hydrogen-bond donors (Lipinski definition) is 1. The Balaban J connectivity index is 2.12. The molecule has 1 amide bonds. The zero-order valence-corrected chi connectivity index (χ0v) is 10.8. The third-order valence-corrected chi connectivity index (χ3v) is 2.72. The van der Waals surface area contributed by atoms with Crippen LogP contribution in [0.1, 0.15) is 18.4 Å². The number of amides is 1. The van der Waals surface area contributed by atoms with Gasteiger partial charge in [0.1, 0.15) is 11.6 Å². The minimum atomic E-state index is -0.0759. The lowest BCUT2D eigenvalue weighted by atomic mass is 10.3. The summed E-state index contributed by atoms with van der Waals surface area (Å²) in [5, 5.41) is 2.71. The minimum absolute atomic E-state index is 0.0759. The number of aryl methyl sites for hydroxylation is 1. The molecule has 0 bridgehead atoms. The third-order valence-electron chi connectivity index (χ3n) is 2.72. The topological polar surface area (TPSA) is 67.4 Å². The predicted octanol–water partition coefficient (Wildman–Crippen LogP) is 0.258. The first-order chi connectivity index (χ1) is 8.65. The molecule has 0 unspecified atom stereocenters. The molecule has 0 radical (unpaired) electrons. The average molecular weight is 250 g/mol. The Morgan fingerprint density at radius 1 is 1.44 bits per heavy atom. The van der Waals surface area contributed by atoms with E-state index in [2.05, 4.69) is 20.2 Å². The molecule has 1 N–H and O–H groups in total. The summed E-state index contributed by atoms with van der Waals surface area (Å²) in [6.45, 7) is 6.93. The molecular weight excluding hydrogens is 232 g/mol. The van der Waals surface area contributed by atoms with Crippen LogP contribution in [0.2, 0.25) is 0 Å². The molecule has 1 fully saturated rings. The molecule has 0 spiro atoms. The van der Waals surface area contributed by atoms with Crippen LogP contribution in [-0.4, -0.2) is 42.2 Å². The van der Waals surface area contributed by atoms with Crippen LogP contribution in [0, 0.1) is 6.92 Å². The summed E-state index contributed by atoms with van der Waals surface area (Å²) in [4.78, 5) is 21.9. The van der Waals surface area contributed by atoms with E-state index in [0.29, 0.717) is 12.4 Å². The van der Waals surface area contributed by atoms with Crippen molar-refractivity contribution in [3.8, 4) is 0 Å². The van der Waals surface area contributed by atoms with Crippen LogP contribution in [-0.2, 0) is 16.1 Å². The summed E-state index contributed by atoms with van der Waals surface area (Å²) < 4.78 is 5.32. The number of nitrogens with zero attached hydrogens (tertiary/aromatic N) is 3. The van der Waals surface area contributed by atoms with Gasteiger partial charge in [0, 0.05) is 31.8 Å². The lowest BCUT2D eigenvalue weighted by Gasteiger charge is -2.28. The van der Waals surface area contributed by atoms with E-state index in [1.807, 2.05) is 13.0 Å². The Bertz CT molecular complexity index is 430. The van der Waals surface area contributed by atoms with E-state index in [1.54, 1.807) is 0 Å². The number of aromatic nitrogens is 2. The molecule has 6 heteroatoms. The van der Waals surface area contributed by atoms with Crippen LogP contribution in [0.4, 0.5) is 5.82 Å². The molecule has 1 aromatic rings. The average Bonchev–Trinajstić information content (AvgIpc) is 2.37. The maximum atomic E-state index is 10.9. The second-order valence-corrected chi connectivity index (χ2v) is 4.29. The summed E-state index contributed by atoms with van der Waals surface area (Å²) in [7, 11) is 0. The Kier molecular flexibility index (Phi) is 4.09. The number of carbonyl (C=O) groups is 1. The molecule has 0 atom stereocenters. The Labute approximate surface area is 106 Å². The van der Waals surface area contributed by atoms with Crippen molar-refractivity contribution in [3.05, 3.63) is 17.6 Å². The number of hydrogen-bond acceptors (Lipinski definition) is 5. The normalized spacial score (nSPS) is 15.6. The lowest BCUT2D eigenvalue weighted by Crippen LogP contribution is -2.37. The van der Waals surface area contributed by atoms with Gasteiger partial charge in [-0.1, -0.05) is 0 Å². The summed E-state index contributed by atoms with van der Waals surface area (Å²) in [6, 6.07) is 1.96. The molecule has 1 aliphatic rings. The zero-order chi connectivity index (χ0) is 13.0. The number of ether oxygens (including phenoxy) is 1. The Hall–Kier alpha value is -1.69. The summed E-state index contributed by atoms with van der Waals surface area (Å²) in [5.41, 5.74) is 0.909. The first-order valence-corrected chi connectivity index (χ1v) is 6.07. The standard InChI is InChI=1S/C12H18N4O2/c1-9-7-12(16-3-5-18-6-4-16)15-11(14-9)8-13-10(2)17/h7H,3-6,8H2,1-2H3,(H,13,17). The van der Waals surface area contributed by atoms with E-state index in [0.717, 1.165) is 37.8 Å². The van der Waals surface area contributed by atoms with Gasteiger partial charge in [-0.15, -0.1) is 0 Å². The highest BCUT2D eigenvalue weighted by molar-refractivity contribution is 5.72. The molecule has 18 heavy (non-hydrogen) atoms. The smallest absolute Gasteiger partial charge is 0.217 e. The second-order valence-electron chi connectivity index (χ2n) is 4.29. The highest BCUT2D eigenvalue weighted by Gasteiger charge is 2.14. The van der Waals surface area contributed by atoms with Gasteiger partial charge in [-0.2, -0.15) is 0 Å². The fourth-order valence-corrected chi connectivity index (χ4v) is 1.85. The molecule has 6 nitrogen and oxygen atoms in total. The van der Waals surface area contributed by atoms with Crippen molar-refractivity contribution in [1.29, 1.82) is 0 Å². The number of anilines is 1. The number of morpholine rings is 1. The fraction of sp³-hybridized carbons (Fsp3) is 0.583. The van der Waals surface area contributed by atoms with Crippen LogP contribution in [0.25, 0.3) is 0 Å². The van der Waals surface area contributed by atoms with E-state index in [1.165, 1.54) is 6.92 Å². The molecule has 1 aliphatic heterocycles. The van der Waals surface area contributed by atoms with Crippen LogP contribution in [0.3, 0.4) is 0 Å². The molecule has 2 rings (SSSR count). The van der Waals surface area contributed by atoms with Crippen molar-refractivity contribution < 1.29 is 9.53 Å². The number of rotatable bonds is 3. The van der Waals surface area contributed by atoms with E-state index in [-0.39, 0.29) is 5.91 Å². The van der Waals surface area contributed by atoms with Gasteiger partial charge in [-0.05, 0) is 6.92 Å². The van der Waals surface area contributed by atoms with Crippen molar-refractivity contribution >= 4 is 11.7 Å². The van der Waals surface area contributed by atoms with Gasteiger partial charge >= 0.3 is 0 Å². The van der Waals surface area contributed by atoms with Crippen LogP contribution >= 0.6 is 0 Å². The van der Waals surface area contributed by atoms with Gasteiger partial charge in [-0.25, -0.2) is 9.97 Å². The SMILES string of the molecule is CC(=O)NCc1nc(C)cc(N2CCOCC2)n1. The van der Waals surface area contributed by atoms with Crippen LogP contribution < -0.4 is 10.2 Å². The van der Waals surface area contributed by atoms with Crippen molar-refractivity contribution in [1.82, 2.24) is 15.3 Å². The number of nitrogens with one attached hydrogen (secondary N) is 1. The van der Waals surface area contributed by atoms with E-state index in [9.17, 15) is 4.79 Å². The molecule has 1 saturated heterocycles.